The first-order valence-electron chi connectivity index (χ1n) is 11.3. The van der Waals surface area contributed by atoms with Crippen molar-refractivity contribution in [2.75, 3.05) is 27.2 Å². The molecule has 0 atom stereocenters. The molecule has 1 aliphatic heterocycles. The van der Waals surface area contributed by atoms with Gasteiger partial charge in [-0.15, -0.1) is 0 Å². The van der Waals surface area contributed by atoms with Gasteiger partial charge < -0.3 is 19.7 Å². The monoisotopic (exact) mass is 482 g/mol. The zero-order chi connectivity index (χ0) is 24.6. The van der Waals surface area contributed by atoms with Gasteiger partial charge in [-0.05, 0) is 56.4 Å². The van der Waals surface area contributed by atoms with Crippen LogP contribution >= 0.6 is 11.6 Å². The van der Waals surface area contributed by atoms with E-state index in [4.69, 9.17) is 11.6 Å². The molecule has 0 spiro atoms. The average molecular weight is 483 g/mol. The molecule has 0 fully saturated rings. The molecule has 7 nitrogen and oxygen atoms in total. The summed E-state index contributed by atoms with van der Waals surface area (Å²) >= 11 is 6.35. The molecule has 2 heterocycles. The Hall–Kier alpha value is -2.68. The molecule has 0 bridgehead atoms. The summed E-state index contributed by atoms with van der Waals surface area (Å²) in [6.07, 6.45) is -1.60. The van der Waals surface area contributed by atoms with Crippen molar-refractivity contribution in [3.8, 4) is 11.3 Å². The van der Waals surface area contributed by atoms with E-state index in [0.29, 0.717) is 52.7 Å². The number of aromatic nitrogens is 1. The lowest BCUT2D eigenvalue weighted by Crippen LogP contribution is -2.50. The molecule has 3 aromatic rings. The summed E-state index contributed by atoms with van der Waals surface area (Å²) in [5.74, 6) is -0.120. The van der Waals surface area contributed by atoms with Crippen molar-refractivity contribution in [3.63, 3.8) is 0 Å². The highest BCUT2D eigenvalue weighted by molar-refractivity contribution is 6.31. The number of fused-ring (bicyclic) bond motifs is 1. The third-order valence-electron chi connectivity index (χ3n) is 6.51. The number of amides is 1. The summed E-state index contributed by atoms with van der Waals surface area (Å²) in [5, 5.41) is 24.0. The molecule has 2 N–H and O–H groups in total. The first-order valence-corrected chi connectivity index (χ1v) is 11.7. The maximum atomic E-state index is 14.0. The zero-order valence-corrected chi connectivity index (χ0v) is 20.8. The third kappa shape index (κ3) is 4.76. The van der Waals surface area contributed by atoms with Crippen LogP contribution in [0.15, 0.2) is 48.5 Å². The van der Waals surface area contributed by atoms with E-state index >= 15 is 0 Å². The van der Waals surface area contributed by atoms with Crippen LogP contribution in [-0.4, -0.2) is 62.8 Å². The fourth-order valence-electron chi connectivity index (χ4n) is 4.42. The molecule has 34 heavy (non-hydrogen) atoms. The van der Waals surface area contributed by atoms with E-state index in [1.54, 1.807) is 24.3 Å². The van der Waals surface area contributed by atoms with Crippen molar-refractivity contribution in [1.82, 2.24) is 19.5 Å². The van der Waals surface area contributed by atoms with E-state index in [1.165, 1.54) is 5.56 Å². The van der Waals surface area contributed by atoms with Crippen molar-refractivity contribution in [3.05, 3.63) is 81.5 Å². The van der Waals surface area contributed by atoms with Gasteiger partial charge in [-0.3, -0.25) is 9.80 Å². The first-order chi connectivity index (χ1) is 16.2. The van der Waals surface area contributed by atoms with Crippen LogP contribution in [0.3, 0.4) is 0 Å². The molecule has 8 heteroatoms. The number of aliphatic hydroxyl groups excluding tert-OH is 1. The van der Waals surface area contributed by atoms with Crippen LogP contribution in [0.25, 0.3) is 11.3 Å². The number of hydrazine groups is 1. The Balaban J connectivity index is 1.77. The minimum atomic E-state index is -1.60. The molecule has 2 aromatic carbocycles. The number of nitrogens with zero attached hydrogens (tertiary/aromatic N) is 4. The predicted molar refractivity (Wildman–Crippen MR) is 133 cm³/mol. The van der Waals surface area contributed by atoms with Gasteiger partial charge in [0.1, 0.15) is 0 Å². The quantitative estimate of drug-likeness (QED) is 0.525. The Morgan fingerprint density at radius 2 is 1.76 bits per heavy atom. The second-order valence-corrected chi connectivity index (χ2v) is 9.45. The smallest absolute Gasteiger partial charge is 0.269 e. The van der Waals surface area contributed by atoms with Gasteiger partial charge in [0.05, 0.1) is 12.1 Å². The van der Waals surface area contributed by atoms with Crippen LogP contribution in [0.1, 0.15) is 39.0 Å². The summed E-state index contributed by atoms with van der Waals surface area (Å²) in [6, 6.07) is 15.2. The lowest BCUT2D eigenvalue weighted by Gasteiger charge is -2.40. The number of carbonyl (C=O) groups excluding carboxylic acids is 1. The lowest BCUT2D eigenvalue weighted by atomic mass is 10.0. The largest absolute Gasteiger partial charge is 0.364 e. The fraction of sp³-hybridized carbons (Fsp3) is 0.346. The van der Waals surface area contributed by atoms with Gasteiger partial charge in [0, 0.05) is 54.2 Å². The minimum absolute atomic E-state index is 0.120. The first kappa shape index (κ1) is 24.4. The summed E-state index contributed by atoms with van der Waals surface area (Å²) in [7, 11) is 5.88. The number of halogens is 1. The zero-order valence-electron chi connectivity index (χ0n) is 20.0. The second-order valence-electron chi connectivity index (χ2n) is 9.02. The highest BCUT2D eigenvalue weighted by Gasteiger charge is 2.30. The van der Waals surface area contributed by atoms with Crippen molar-refractivity contribution >= 4 is 17.5 Å². The topological polar surface area (TPSA) is 72.2 Å². The van der Waals surface area contributed by atoms with Gasteiger partial charge in [-0.2, -0.15) is 0 Å². The number of hydrogen-bond donors (Lipinski definition) is 2. The van der Waals surface area contributed by atoms with Crippen LogP contribution in [0, 0.1) is 6.92 Å². The van der Waals surface area contributed by atoms with E-state index < -0.39 is 6.29 Å². The average Bonchev–Trinajstić information content (AvgIpc) is 3.11. The molecule has 1 amide bonds. The standard InChI is InChI=1S/C26H31ClN4O3/c1-17-22(26(33)34)14-24(29(17)4)23-13-20(27)9-10-21(23)25(32)31-16-19-8-6-5-7-18(19)15-30(31)12-11-28(2)3/h5-10,13-14,26,33-34H,11-12,15-16H2,1-4H3. The molecule has 0 saturated carbocycles. The summed E-state index contributed by atoms with van der Waals surface area (Å²) in [4.78, 5) is 16.1. The van der Waals surface area contributed by atoms with Gasteiger partial charge in [-0.1, -0.05) is 35.9 Å². The third-order valence-corrected chi connectivity index (χ3v) is 6.75. The Kier molecular flexibility index (Phi) is 7.12. The van der Waals surface area contributed by atoms with Gasteiger partial charge >= 0.3 is 0 Å². The maximum Gasteiger partial charge on any atom is 0.269 e. The van der Waals surface area contributed by atoms with Crippen LogP contribution in [0.5, 0.6) is 0 Å². The molecular weight excluding hydrogens is 452 g/mol. The van der Waals surface area contributed by atoms with Crippen molar-refractivity contribution in [2.24, 2.45) is 7.05 Å². The maximum absolute atomic E-state index is 14.0. The van der Waals surface area contributed by atoms with Crippen LogP contribution in [0.2, 0.25) is 5.02 Å². The Labute approximate surface area is 205 Å². The molecule has 0 radical (unpaired) electrons. The summed E-state index contributed by atoms with van der Waals surface area (Å²) < 4.78 is 1.85. The molecule has 4 rings (SSSR count). The normalized spacial score (nSPS) is 14.2. The highest BCUT2D eigenvalue weighted by Crippen LogP contribution is 2.34. The van der Waals surface area contributed by atoms with Crippen molar-refractivity contribution in [2.45, 2.75) is 26.3 Å². The van der Waals surface area contributed by atoms with Crippen molar-refractivity contribution < 1.29 is 15.0 Å². The summed E-state index contributed by atoms with van der Waals surface area (Å²) in [6.45, 7) is 4.48. The van der Waals surface area contributed by atoms with Gasteiger partial charge in [-0.25, -0.2) is 5.01 Å². The van der Waals surface area contributed by atoms with Gasteiger partial charge in [0.25, 0.3) is 5.91 Å². The van der Waals surface area contributed by atoms with E-state index in [-0.39, 0.29) is 5.91 Å². The van der Waals surface area contributed by atoms with E-state index in [0.717, 1.165) is 12.1 Å². The number of benzene rings is 2. The van der Waals surface area contributed by atoms with Gasteiger partial charge in [0.2, 0.25) is 0 Å². The lowest BCUT2D eigenvalue weighted by molar-refractivity contribution is -0.0429. The van der Waals surface area contributed by atoms with Crippen LogP contribution in [0.4, 0.5) is 0 Å². The highest BCUT2D eigenvalue weighted by atomic mass is 35.5. The molecule has 0 unspecified atom stereocenters. The Morgan fingerprint density at radius 1 is 1.09 bits per heavy atom. The molecule has 0 aliphatic carbocycles. The fourth-order valence-corrected chi connectivity index (χ4v) is 4.59. The van der Waals surface area contributed by atoms with E-state index in [1.807, 2.05) is 49.8 Å². The number of likely N-dealkylation sites (N-methyl/N-ethyl adjacent to an activating group) is 1. The number of rotatable bonds is 6. The predicted octanol–water partition coefficient (Wildman–Crippen LogP) is 3.57. The molecule has 1 aromatic heterocycles. The number of carbonyl (C=O) groups is 1. The minimum Gasteiger partial charge on any atom is -0.364 e. The molecule has 180 valence electrons. The summed E-state index contributed by atoms with van der Waals surface area (Å²) in [5.41, 5.74) is 5.33. The van der Waals surface area contributed by atoms with Gasteiger partial charge in [0.15, 0.2) is 6.29 Å². The number of hydrogen-bond acceptors (Lipinski definition) is 5. The Bertz CT molecular complexity index is 1200. The number of aliphatic hydroxyl groups is 2. The molecule has 0 saturated heterocycles. The Morgan fingerprint density at radius 3 is 2.38 bits per heavy atom. The molecule has 1 aliphatic rings. The van der Waals surface area contributed by atoms with Crippen LogP contribution in [-0.2, 0) is 20.1 Å². The van der Waals surface area contributed by atoms with E-state index in [9.17, 15) is 15.0 Å². The van der Waals surface area contributed by atoms with E-state index in [2.05, 4.69) is 22.0 Å². The second kappa shape index (κ2) is 9.90. The SMILES string of the molecule is Cc1c(C(O)O)cc(-c2cc(Cl)ccc2C(=O)N2Cc3ccccc3CN2CCN(C)C)n1C. The molecular formula is C26H31ClN4O3. The van der Waals surface area contributed by atoms with Crippen LogP contribution < -0.4 is 0 Å². The van der Waals surface area contributed by atoms with Crippen molar-refractivity contribution in [1.29, 1.82) is 0 Å².